The Balaban J connectivity index is 2.55. The molecule has 80 valence electrons. The maximum atomic E-state index is 3.99. The fourth-order valence-electron chi connectivity index (χ4n) is 2.24. The van der Waals surface area contributed by atoms with E-state index >= 15 is 0 Å². The van der Waals surface area contributed by atoms with Gasteiger partial charge in [0.05, 0.1) is 0 Å². The molecular formula is C14H24. The van der Waals surface area contributed by atoms with E-state index in [4.69, 9.17) is 0 Å². The summed E-state index contributed by atoms with van der Waals surface area (Å²) in [7, 11) is 0. The quantitative estimate of drug-likeness (QED) is 0.562. The van der Waals surface area contributed by atoms with Crippen LogP contribution in [-0.2, 0) is 0 Å². The van der Waals surface area contributed by atoms with E-state index in [2.05, 4.69) is 40.3 Å². The summed E-state index contributed by atoms with van der Waals surface area (Å²) >= 11 is 0. The summed E-state index contributed by atoms with van der Waals surface area (Å²) in [6.45, 7) is 13.0. The summed E-state index contributed by atoms with van der Waals surface area (Å²) in [6, 6.07) is 0. The van der Waals surface area contributed by atoms with E-state index in [9.17, 15) is 0 Å². The first-order chi connectivity index (χ1) is 6.50. The molecule has 0 saturated heterocycles. The SMILES string of the molecule is C=C(C)/C(C)=C\C1CCC(C)C(C)C1. The number of hydrogen-bond acceptors (Lipinski definition) is 0. The minimum atomic E-state index is 0.804. The first kappa shape index (κ1) is 11.6. The van der Waals surface area contributed by atoms with Crippen LogP contribution in [0.3, 0.4) is 0 Å². The number of hydrogen-bond donors (Lipinski definition) is 0. The van der Waals surface area contributed by atoms with Gasteiger partial charge in [0.25, 0.3) is 0 Å². The van der Waals surface area contributed by atoms with Crippen molar-refractivity contribution in [1.29, 1.82) is 0 Å². The Bertz CT molecular complexity index is 234. The standard InChI is InChI=1S/C14H24/c1-10(2)12(4)8-14-7-6-11(3)13(5)9-14/h8,11,13-14H,1,6-7,9H2,2-5H3/b12-8-. The fraction of sp³-hybridized carbons (Fsp3) is 0.714. The van der Waals surface area contributed by atoms with E-state index in [0.29, 0.717) is 0 Å². The molecule has 1 aliphatic rings. The Morgan fingerprint density at radius 1 is 1.14 bits per heavy atom. The van der Waals surface area contributed by atoms with E-state index in [1.807, 2.05) is 0 Å². The van der Waals surface area contributed by atoms with Gasteiger partial charge in [-0.1, -0.05) is 37.6 Å². The second kappa shape index (κ2) is 4.82. The molecule has 0 heterocycles. The highest BCUT2D eigenvalue weighted by molar-refractivity contribution is 5.24. The molecule has 0 aromatic carbocycles. The van der Waals surface area contributed by atoms with Crippen molar-refractivity contribution in [3.05, 3.63) is 23.8 Å². The first-order valence-corrected chi connectivity index (χ1v) is 5.85. The lowest BCUT2D eigenvalue weighted by Gasteiger charge is -2.30. The lowest BCUT2D eigenvalue weighted by atomic mass is 9.75. The van der Waals surface area contributed by atoms with Crippen molar-refractivity contribution >= 4 is 0 Å². The summed E-state index contributed by atoms with van der Waals surface area (Å²) < 4.78 is 0. The van der Waals surface area contributed by atoms with Crippen molar-refractivity contribution in [3.63, 3.8) is 0 Å². The van der Waals surface area contributed by atoms with Crippen molar-refractivity contribution in [2.45, 2.75) is 47.0 Å². The Labute approximate surface area is 89.1 Å². The largest absolute Gasteiger partial charge is 0.0959 e. The fourth-order valence-corrected chi connectivity index (χ4v) is 2.24. The highest BCUT2D eigenvalue weighted by atomic mass is 14.3. The molecule has 1 rings (SSSR count). The molecule has 0 amide bonds. The van der Waals surface area contributed by atoms with Crippen molar-refractivity contribution in [3.8, 4) is 0 Å². The van der Waals surface area contributed by atoms with Crippen molar-refractivity contribution < 1.29 is 0 Å². The molecule has 0 bridgehead atoms. The second-order valence-electron chi connectivity index (χ2n) is 5.16. The van der Waals surface area contributed by atoms with E-state index < -0.39 is 0 Å². The molecule has 14 heavy (non-hydrogen) atoms. The smallest absolute Gasteiger partial charge is 0.0225 e. The zero-order valence-corrected chi connectivity index (χ0v) is 10.1. The van der Waals surface area contributed by atoms with Crippen LogP contribution >= 0.6 is 0 Å². The van der Waals surface area contributed by atoms with Crippen molar-refractivity contribution in [2.75, 3.05) is 0 Å². The van der Waals surface area contributed by atoms with Crippen LogP contribution in [0.5, 0.6) is 0 Å². The van der Waals surface area contributed by atoms with E-state index in [1.165, 1.54) is 30.4 Å². The Kier molecular flexibility index (Phi) is 3.97. The Hall–Kier alpha value is -0.520. The van der Waals surface area contributed by atoms with Crippen LogP contribution in [0.25, 0.3) is 0 Å². The molecule has 0 radical (unpaired) electrons. The molecule has 1 fully saturated rings. The van der Waals surface area contributed by atoms with Gasteiger partial charge in [-0.2, -0.15) is 0 Å². The molecule has 0 heteroatoms. The van der Waals surface area contributed by atoms with Gasteiger partial charge in [0, 0.05) is 0 Å². The first-order valence-electron chi connectivity index (χ1n) is 5.85. The maximum Gasteiger partial charge on any atom is -0.0225 e. The van der Waals surface area contributed by atoms with E-state index in [-0.39, 0.29) is 0 Å². The summed E-state index contributed by atoms with van der Waals surface area (Å²) in [5, 5.41) is 0. The van der Waals surface area contributed by atoms with Gasteiger partial charge in [-0.25, -0.2) is 0 Å². The van der Waals surface area contributed by atoms with Gasteiger partial charge >= 0.3 is 0 Å². The predicted molar refractivity (Wildman–Crippen MR) is 64.2 cm³/mol. The van der Waals surface area contributed by atoms with Crippen LogP contribution in [0, 0.1) is 17.8 Å². The molecule has 0 aliphatic heterocycles. The van der Waals surface area contributed by atoms with Crippen LogP contribution in [-0.4, -0.2) is 0 Å². The summed E-state index contributed by atoms with van der Waals surface area (Å²) in [4.78, 5) is 0. The van der Waals surface area contributed by atoms with Crippen molar-refractivity contribution in [2.24, 2.45) is 17.8 Å². The van der Waals surface area contributed by atoms with Gasteiger partial charge in [0.1, 0.15) is 0 Å². The molecule has 0 spiro atoms. The monoisotopic (exact) mass is 192 g/mol. The summed E-state index contributed by atoms with van der Waals surface area (Å²) in [5.41, 5.74) is 2.60. The van der Waals surface area contributed by atoms with Crippen molar-refractivity contribution in [1.82, 2.24) is 0 Å². The lowest BCUT2D eigenvalue weighted by molar-refractivity contribution is 0.236. The maximum absolute atomic E-state index is 3.99. The van der Waals surface area contributed by atoms with Gasteiger partial charge in [-0.3, -0.25) is 0 Å². The topological polar surface area (TPSA) is 0 Å². The third-order valence-electron chi connectivity index (χ3n) is 3.80. The molecule has 0 aromatic rings. The van der Waals surface area contributed by atoms with Crippen LogP contribution in [0.2, 0.25) is 0 Å². The average Bonchev–Trinajstić information content (AvgIpc) is 2.11. The number of allylic oxidation sites excluding steroid dienone is 3. The minimum Gasteiger partial charge on any atom is -0.0959 e. The molecule has 3 atom stereocenters. The third-order valence-corrected chi connectivity index (χ3v) is 3.80. The Morgan fingerprint density at radius 2 is 1.79 bits per heavy atom. The average molecular weight is 192 g/mol. The van der Waals surface area contributed by atoms with E-state index in [0.717, 1.165) is 17.8 Å². The summed E-state index contributed by atoms with van der Waals surface area (Å²) in [6.07, 6.45) is 6.57. The molecule has 0 nitrogen and oxygen atoms in total. The highest BCUT2D eigenvalue weighted by Crippen LogP contribution is 2.34. The molecule has 1 saturated carbocycles. The summed E-state index contributed by atoms with van der Waals surface area (Å²) in [5.74, 6) is 2.62. The molecular weight excluding hydrogens is 168 g/mol. The molecule has 1 aliphatic carbocycles. The Morgan fingerprint density at radius 3 is 2.29 bits per heavy atom. The second-order valence-corrected chi connectivity index (χ2v) is 5.16. The highest BCUT2D eigenvalue weighted by Gasteiger charge is 2.22. The van der Waals surface area contributed by atoms with Crippen LogP contribution in [0.4, 0.5) is 0 Å². The van der Waals surface area contributed by atoms with Crippen LogP contribution < -0.4 is 0 Å². The van der Waals surface area contributed by atoms with E-state index in [1.54, 1.807) is 0 Å². The normalized spacial score (nSPS) is 34.3. The lowest BCUT2D eigenvalue weighted by Crippen LogP contribution is -2.19. The van der Waals surface area contributed by atoms with Crippen LogP contribution in [0.15, 0.2) is 23.8 Å². The van der Waals surface area contributed by atoms with Gasteiger partial charge in [-0.15, -0.1) is 0 Å². The van der Waals surface area contributed by atoms with Gasteiger partial charge in [-0.05, 0) is 50.9 Å². The third kappa shape index (κ3) is 3.01. The van der Waals surface area contributed by atoms with Gasteiger partial charge in [0.2, 0.25) is 0 Å². The molecule has 0 N–H and O–H groups in total. The van der Waals surface area contributed by atoms with Gasteiger partial charge < -0.3 is 0 Å². The molecule has 0 aromatic heterocycles. The van der Waals surface area contributed by atoms with Gasteiger partial charge in [0.15, 0.2) is 0 Å². The number of rotatable bonds is 2. The minimum absolute atomic E-state index is 0.804. The zero-order chi connectivity index (χ0) is 10.7. The molecule has 3 unspecified atom stereocenters. The predicted octanol–water partition coefficient (Wildman–Crippen LogP) is 4.58. The van der Waals surface area contributed by atoms with Crippen LogP contribution in [0.1, 0.15) is 47.0 Å². The zero-order valence-electron chi connectivity index (χ0n) is 10.1.